The second kappa shape index (κ2) is 6.75. The van der Waals surface area contributed by atoms with Gasteiger partial charge in [-0.2, -0.15) is 5.26 Å². The van der Waals surface area contributed by atoms with Gasteiger partial charge >= 0.3 is 0 Å². The molecule has 0 saturated carbocycles. The number of hydrogen-bond acceptors (Lipinski definition) is 4. The Hall–Kier alpha value is -2.35. The van der Waals surface area contributed by atoms with E-state index in [1.165, 1.54) is 5.56 Å². The van der Waals surface area contributed by atoms with E-state index in [9.17, 15) is 10.4 Å². The van der Waals surface area contributed by atoms with E-state index in [-0.39, 0.29) is 0 Å². The zero-order valence-corrected chi connectivity index (χ0v) is 15.1. The Bertz CT molecular complexity index is 814. The minimum atomic E-state index is -0.847. The zero-order chi connectivity index (χ0) is 18.1. The van der Waals surface area contributed by atoms with Gasteiger partial charge in [0.2, 0.25) is 0 Å². The summed E-state index contributed by atoms with van der Waals surface area (Å²) in [7, 11) is 1.57. The number of piperidine rings is 1. The maximum Gasteiger partial charge on any atom is 0.136 e. The van der Waals surface area contributed by atoms with E-state index in [0.29, 0.717) is 23.4 Å². The van der Waals surface area contributed by atoms with Gasteiger partial charge in [0.1, 0.15) is 11.8 Å². The van der Waals surface area contributed by atoms with Crippen molar-refractivity contribution in [1.82, 2.24) is 4.90 Å². The summed E-state index contributed by atoms with van der Waals surface area (Å²) in [6.45, 7) is 0.947. The van der Waals surface area contributed by atoms with Crippen LogP contribution in [0.5, 0.6) is 5.75 Å². The van der Waals surface area contributed by atoms with Gasteiger partial charge in [-0.15, -0.1) is 0 Å². The van der Waals surface area contributed by atoms with Gasteiger partial charge in [-0.1, -0.05) is 36.4 Å². The molecule has 26 heavy (non-hydrogen) atoms. The average molecular weight is 348 g/mol. The van der Waals surface area contributed by atoms with E-state index in [1.807, 2.05) is 18.2 Å². The van der Waals surface area contributed by atoms with Gasteiger partial charge < -0.3 is 9.84 Å². The fourth-order valence-electron chi connectivity index (χ4n) is 4.68. The molecule has 0 spiro atoms. The van der Waals surface area contributed by atoms with Crippen LogP contribution < -0.4 is 4.74 Å². The molecular weight excluding hydrogens is 324 g/mol. The van der Waals surface area contributed by atoms with E-state index in [1.54, 1.807) is 13.2 Å². The molecule has 4 heteroatoms. The third kappa shape index (κ3) is 2.98. The third-order valence-corrected chi connectivity index (χ3v) is 5.99. The number of ether oxygens (including phenoxy) is 1. The minimum Gasteiger partial charge on any atom is -0.495 e. The molecule has 2 fully saturated rings. The number of benzene rings is 2. The molecule has 0 aliphatic carbocycles. The monoisotopic (exact) mass is 348 g/mol. The van der Waals surface area contributed by atoms with E-state index in [4.69, 9.17) is 4.74 Å². The second-order valence-electron chi connectivity index (χ2n) is 7.51. The van der Waals surface area contributed by atoms with Crippen LogP contribution in [0.4, 0.5) is 0 Å². The van der Waals surface area contributed by atoms with Gasteiger partial charge in [0.05, 0.1) is 18.3 Å². The molecule has 2 atom stereocenters. The fourth-order valence-corrected chi connectivity index (χ4v) is 4.68. The predicted molar refractivity (Wildman–Crippen MR) is 99.6 cm³/mol. The van der Waals surface area contributed by atoms with Crippen molar-refractivity contribution in [2.45, 2.75) is 49.9 Å². The second-order valence-corrected chi connectivity index (χ2v) is 7.51. The van der Waals surface area contributed by atoms with E-state index < -0.39 is 5.60 Å². The maximum absolute atomic E-state index is 11.4. The smallest absolute Gasteiger partial charge is 0.136 e. The molecule has 0 aromatic heterocycles. The molecule has 4 rings (SSSR count). The summed E-state index contributed by atoms with van der Waals surface area (Å²) < 4.78 is 5.34. The average Bonchev–Trinajstić information content (AvgIpc) is 2.92. The summed E-state index contributed by atoms with van der Waals surface area (Å²) in [4.78, 5) is 2.56. The first-order chi connectivity index (χ1) is 12.6. The highest BCUT2D eigenvalue weighted by Gasteiger charge is 2.48. The molecule has 2 bridgehead atoms. The number of nitrogens with zero attached hydrogens (tertiary/aromatic N) is 2. The summed E-state index contributed by atoms with van der Waals surface area (Å²) in [6.07, 6.45) is 3.72. The Kier molecular flexibility index (Phi) is 4.44. The lowest BCUT2D eigenvalue weighted by Gasteiger charge is -2.44. The Morgan fingerprint density at radius 1 is 1.15 bits per heavy atom. The molecule has 2 aromatic rings. The van der Waals surface area contributed by atoms with Crippen LogP contribution in [0, 0.1) is 11.3 Å². The Labute approximate surface area is 154 Å². The van der Waals surface area contributed by atoms with Crippen molar-refractivity contribution in [2.24, 2.45) is 0 Å². The molecule has 2 saturated heterocycles. The zero-order valence-electron chi connectivity index (χ0n) is 15.1. The quantitative estimate of drug-likeness (QED) is 0.917. The van der Waals surface area contributed by atoms with Crippen LogP contribution >= 0.6 is 0 Å². The highest BCUT2D eigenvalue weighted by Crippen LogP contribution is 2.46. The Morgan fingerprint density at radius 3 is 2.46 bits per heavy atom. The molecule has 0 radical (unpaired) electrons. The van der Waals surface area contributed by atoms with Gasteiger partial charge in [-0.25, -0.2) is 0 Å². The summed E-state index contributed by atoms with van der Waals surface area (Å²) in [5.74, 6) is 0.539. The van der Waals surface area contributed by atoms with Gasteiger partial charge in [-0.05, 0) is 48.9 Å². The van der Waals surface area contributed by atoms with E-state index in [0.717, 1.165) is 37.8 Å². The van der Waals surface area contributed by atoms with E-state index in [2.05, 4.69) is 35.2 Å². The maximum atomic E-state index is 11.4. The van der Waals surface area contributed by atoms with Crippen LogP contribution in [0.3, 0.4) is 0 Å². The molecule has 1 N–H and O–H groups in total. The first-order valence-corrected chi connectivity index (χ1v) is 9.23. The fraction of sp³-hybridized carbons (Fsp3) is 0.409. The van der Waals surface area contributed by atoms with Crippen molar-refractivity contribution < 1.29 is 9.84 Å². The number of methoxy groups -OCH3 is 1. The van der Waals surface area contributed by atoms with Crippen LogP contribution in [0.1, 0.15) is 42.4 Å². The van der Waals surface area contributed by atoms with Gasteiger partial charge in [0.15, 0.2) is 0 Å². The van der Waals surface area contributed by atoms with Crippen molar-refractivity contribution in [1.29, 1.82) is 5.26 Å². The number of fused-ring (bicyclic) bond motifs is 2. The topological polar surface area (TPSA) is 56.5 Å². The molecule has 2 unspecified atom stereocenters. The number of hydrogen-bond donors (Lipinski definition) is 1. The largest absolute Gasteiger partial charge is 0.495 e. The van der Waals surface area contributed by atoms with Crippen molar-refractivity contribution in [3.05, 3.63) is 65.2 Å². The molecule has 2 aliphatic rings. The van der Waals surface area contributed by atoms with Gasteiger partial charge in [-0.3, -0.25) is 4.90 Å². The van der Waals surface area contributed by atoms with Gasteiger partial charge in [0, 0.05) is 18.6 Å². The van der Waals surface area contributed by atoms with Crippen LogP contribution in [0.15, 0.2) is 48.5 Å². The third-order valence-electron chi connectivity index (χ3n) is 5.99. The summed E-state index contributed by atoms with van der Waals surface area (Å²) in [5.41, 5.74) is 1.85. The molecule has 2 heterocycles. The van der Waals surface area contributed by atoms with Crippen LogP contribution in [0.2, 0.25) is 0 Å². The van der Waals surface area contributed by atoms with Crippen LogP contribution in [0.25, 0.3) is 0 Å². The Morgan fingerprint density at radius 2 is 1.85 bits per heavy atom. The summed E-state index contributed by atoms with van der Waals surface area (Å²) >= 11 is 0. The van der Waals surface area contributed by atoms with E-state index >= 15 is 0 Å². The lowest BCUT2D eigenvalue weighted by molar-refractivity contribution is -0.0596. The molecule has 2 aromatic carbocycles. The van der Waals surface area contributed by atoms with Gasteiger partial charge in [0.25, 0.3) is 0 Å². The number of nitriles is 1. The molecule has 0 amide bonds. The molecule has 2 aliphatic heterocycles. The first kappa shape index (κ1) is 17.1. The highest BCUT2D eigenvalue weighted by atomic mass is 16.5. The number of rotatable bonds is 4. The molecule has 134 valence electrons. The van der Waals surface area contributed by atoms with Crippen molar-refractivity contribution >= 4 is 0 Å². The normalized spacial score (nSPS) is 27.9. The standard InChI is InChI=1S/C22H24N2O2/c1-26-21-11-18(8-7-17(21)14-23)22(25)12-19-9-10-20(13-22)24(19)15-16-5-3-2-4-6-16/h2-8,11,19-20,25H,9-10,12-13,15H2,1H3. The lowest BCUT2D eigenvalue weighted by atomic mass is 9.80. The van der Waals surface area contributed by atoms with Crippen molar-refractivity contribution in [3.63, 3.8) is 0 Å². The lowest BCUT2D eigenvalue weighted by Crippen LogP contribution is -2.49. The summed E-state index contributed by atoms with van der Waals surface area (Å²) in [5, 5.41) is 20.6. The highest BCUT2D eigenvalue weighted by molar-refractivity contribution is 5.47. The van der Waals surface area contributed by atoms with Crippen LogP contribution in [-0.4, -0.2) is 29.2 Å². The van der Waals surface area contributed by atoms with Crippen LogP contribution in [-0.2, 0) is 12.1 Å². The SMILES string of the molecule is COc1cc(C2(O)CC3CCC(C2)N3Cc2ccccc2)ccc1C#N. The minimum absolute atomic E-state index is 0.389. The number of aliphatic hydroxyl groups is 1. The Balaban J connectivity index is 1.57. The van der Waals surface area contributed by atoms with Crippen molar-refractivity contribution in [2.75, 3.05) is 7.11 Å². The molecular formula is C22H24N2O2. The van der Waals surface area contributed by atoms with Crippen molar-refractivity contribution in [3.8, 4) is 11.8 Å². The predicted octanol–water partition coefficient (Wildman–Crippen LogP) is 3.58. The first-order valence-electron chi connectivity index (χ1n) is 9.23. The summed E-state index contributed by atoms with van der Waals surface area (Å²) in [6, 6.07) is 19.0. The molecule has 4 nitrogen and oxygen atoms in total.